The van der Waals surface area contributed by atoms with Crippen molar-refractivity contribution in [3.63, 3.8) is 0 Å². The number of carbonyl (C=O) groups excluding carboxylic acids is 1. The Hall–Kier alpha value is -1.91. The summed E-state index contributed by atoms with van der Waals surface area (Å²) in [4.78, 5) is 16.5. The number of hydrogen-bond acceptors (Lipinski definition) is 2. The minimum absolute atomic E-state index is 0.119. The Morgan fingerprint density at radius 2 is 1.79 bits per heavy atom. The van der Waals surface area contributed by atoms with E-state index >= 15 is 0 Å². The smallest absolute Gasteiger partial charge is 0.322 e. The Balaban J connectivity index is 1.59. The van der Waals surface area contributed by atoms with Crippen molar-refractivity contribution in [2.45, 2.75) is 6.92 Å². The van der Waals surface area contributed by atoms with Crippen LogP contribution in [0.5, 0.6) is 0 Å². The van der Waals surface area contributed by atoms with Gasteiger partial charge in [-0.25, -0.2) is 4.79 Å². The molecule has 0 saturated carbocycles. The Morgan fingerprint density at radius 3 is 2.46 bits per heavy atom. The highest BCUT2D eigenvalue weighted by Crippen LogP contribution is 2.24. The quantitative estimate of drug-likeness (QED) is 0.842. The van der Waals surface area contributed by atoms with Crippen molar-refractivity contribution in [2.24, 2.45) is 0 Å². The summed E-state index contributed by atoms with van der Waals surface area (Å²) in [7, 11) is 0. The average molecular weight is 364 g/mol. The van der Waals surface area contributed by atoms with Crippen molar-refractivity contribution in [3.8, 4) is 0 Å². The number of halogens is 2. The lowest BCUT2D eigenvalue weighted by atomic mass is 10.2. The Kier molecular flexibility index (Phi) is 5.17. The van der Waals surface area contributed by atoms with Gasteiger partial charge in [0.25, 0.3) is 0 Å². The molecule has 1 N–H and O–H groups in total. The van der Waals surface area contributed by atoms with Gasteiger partial charge in [-0.2, -0.15) is 0 Å². The molecule has 1 aliphatic rings. The molecule has 0 bridgehead atoms. The van der Waals surface area contributed by atoms with E-state index in [2.05, 4.69) is 10.2 Å². The SMILES string of the molecule is Cc1ccc(NC(=O)N2CCN(c3cccc(Cl)c3)CC2)c(Cl)c1. The number of hydrogen-bond donors (Lipinski definition) is 1. The Morgan fingerprint density at radius 1 is 1.04 bits per heavy atom. The van der Waals surface area contributed by atoms with E-state index in [1.807, 2.05) is 49.4 Å². The van der Waals surface area contributed by atoms with Crippen LogP contribution in [0, 0.1) is 6.92 Å². The summed E-state index contributed by atoms with van der Waals surface area (Å²) in [6, 6.07) is 13.3. The van der Waals surface area contributed by atoms with Gasteiger partial charge in [-0.05, 0) is 42.8 Å². The van der Waals surface area contributed by atoms with E-state index in [0.29, 0.717) is 23.8 Å². The molecule has 0 radical (unpaired) electrons. The molecule has 0 unspecified atom stereocenters. The fourth-order valence-electron chi connectivity index (χ4n) is 2.76. The van der Waals surface area contributed by atoms with Crippen molar-refractivity contribution in [1.82, 2.24) is 4.90 Å². The molecule has 0 spiro atoms. The van der Waals surface area contributed by atoms with Crippen molar-refractivity contribution in [1.29, 1.82) is 0 Å². The van der Waals surface area contributed by atoms with Crippen LogP contribution in [0.4, 0.5) is 16.2 Å². The standard InChI is InChI=1S/C18H19Cl2N3O/c1-13-5-6-17(16(20)11-13)21-18(24)23-9-7-22(8-10-23)15-4-2-3-14(19)12-15/h2-6,11-12H,7-10H2,1H3,(H,21,24). The molecule has 0 aromatic heterocycles. The highest BCUT2D eigenvalue weighted by Gasteiger charge is 2.21. The number of nitrogens with zero attached hydrogens (tertiary/aromatic N) is 2. The summed E-state index contributed by atoms with van der Waals surface area (Å²) in [6.07, 6.45) is 0. The predicted molar refractivity (Wildman–Crippen MR) is 100 cm³/mol. The first kappa shape index (κ1) is 16.9. The summed E-state index contributed by atoms with van der Waals surface area (Å²) in [5.41, 5.74) is 2.79. The van der Waals surface area contributed by atoms with Crippen molar-refractivity contribution >= 4 is 40.6 Å². The minimum atomic E-state index is -0.119. The monoisotopic (exact) mass is 363 g/mol. The summed E-state index contributed by atoms with van der Waals surface area (Å²) >= 11 is 12.2. The molecule has 126 valence electrons. The van der Waals surface area contributed by atoms with E-state index < -0.39 is 0 Å². The van der Waals surface area contributed by atoms with Gasteiger partial charge in [-0.1, -0.05) is 35.3 Å². The lowest BCUT2D eigenvalue weighted by molar-refractivity contribution is 0.208. The van der Waals surface area contributed by atoms with Crippen LogP contribution in [-0.4, -0.2) is 37.1 Å². The molecule has 0 atom stereocenters. The fraction of sp³-hybridized carbons (Fsp3) is 0.278. The number of anilines is 2. The number of carbonyl (C=O) groups is 1. The molecule has 1 fully saturated rings. The second kappa shape index (κ2) is 7.32. The van der Waals surface area contributed by atoms with Gasteiger partial charge in [0.1, 0.15) is 0 Å². The van der Waals surface area contributed by atoms with Gasteiger partial charge in [0.2, 0.25) is 0 Å². The minimum Gasteiger partial charge on any atom is -0.368 e. The summed E-state index contributed by atoms with van der Waals surface area (Å²) in [5, 5.41) is 4.17. The van der Waals surface area contributed by atoms with Crippen LogP contribution in [0.25, 0.3) is 0 Å². The van der Waals surface area contributed by atoms with Gasteiger partial charge >= 0.3 is 6.03 Å². The summed E-state index contributed by atoms with van der Waals surface area (Å²) < 4.78 is 0. The first-order valence-electron chi connectivity index (χ1n) is 7.85. The molecule has 0 aliphatic carbocycles. The summed E-state index contributed by atoms with van der Waals surface area (Å²) in [5.74, 6) is 0. The van der Waals surface area contributed by atoms with Gasteiger partial charge in [0, 0.05) is 36.9 Å². The molecule has 1 heterocycles. The molecule has 2 aromatic rings. The normalized spacial score (nSPS) is 14.6. The van der Waals surface area contributed by atoms with E-state index in [1.165, 1.54) is 0 Å². The number of amides is 2. The van der Waals surface area contributed by atoms with Crippen molar-refractivity contribution in [3.05, 3.63) is 58.1 Å². The van der Waals surface area contributed by atoms with E-state index in [-0.39, 0.29) is 6.03 Å². The molecular formula is C18H19Cl2N3O. The zero-order chi connectivity index (χ0) is 17.1. The molecule has 24 heavy (non-hydrogen) atoms. The van der Waals surface area contributed by atoms with Gasteiger partial charge in [0.15, 0.2) is 0 Å². The molecule has 2 aromatic carbocycles. The van der Waals surface area contributed by atoms with Gasteiger partial charge in [0.05, 0.1) is 10.7 Å². The van der Waals surface area contributed by atoms with E-state index in [0.717, 1.165) is 29.4 Å². The van der Waals surface area contributed by atoms with E-state index in [1.54, 1.807) is 4.90 Å². The van der Waals surface area contributed by atoms with Crippen LogP contribution in [0.3, 0.4) is 0 Å². The third kappa shape index (κ3) is 3.94. The lowest BCUT2D eigenvalue weighted by Crippen LogP contribution is -2.50. The maximum atomic E-state index is 12.4. The first-order chi connectivity index (χ1) is 11.5. The number of aryl methyl sites for hydroxylation is 1. The maximum Gasteiger partial charge on any atom is 0.322 e. The lowest BCUT2D eigenvalue weighted by Gasteiger charge is -2.36. The molecular weight excluding hydrogens is 345 g/mol. The van der Waals surface area contributed by atoms with Crippen LogP contribution in [-0.2, 0) is 0 Å². The molecule has 2 amide bonds. The third-order valence-corrected chi connectivity index (χ3v) is 4.65. The fourth-order valence-corrected chi connectivity index (χ4v) is 3.22. The third-order valence-electron chi connectivity index (χ3n) is 4.11. The zero-order valence-corrected chi connectivity index (χ0v) is 14.9. The summed E-state index contributed by atoms with van der Waals surface area (Å²) in [6.45, 7) is 4.82. The highest BCUT2D eigenvalue weighted by molar-refractivity contribution is 6.33. The van der Waals surface area contributed by atoms with Crippen LogP contribution < -0.4 is 10.2 Å². The Bertz CT molecular complexity index is 743. The van der Waals surface area contributed by atoms with Gasteiger partial charge < -0.3 is 15.1 Å². The number of rotatable bonds is 2. The zero-order valence-electron chi connectivity index (χ0n) is 13.4. The molecule has 1 aliphatic heterocycles. The molecule has 1 saturated heterocycles. The number of urea groups is 1. The Labute approximate surface area is 152 Å². The molecule has 4 nitrogen and oxygen atoms in total. The molecule has 6 heteroatoms. The maximum absolute atomic E-state index is 12.4. The van der Waals surface area contributed by atoms with Crippen LogP contribution in [0.15, 0.2) is 42.5 Å². The number of piperazine rings is 1. The van der Waals surface area contributed by atoms with E-state index in [4.69, 9.17) is 23.2 Å². The first-order valence-corrected chi connectivity index (χ1v) is 8.61. The highest BCUT2D eigenvalue weighted by atomic mass is 35.5. The van der Waals surface area contributed by atoms with Gasteiger partial charge in [-0.15, -0.1) is 0 Å². The van der Waals surface area contributed by atoms with Gasteiger partial charge in [-0.3, -0.25) is 0 Å². The predicted octanol–water partition coefficient (Wildman–Crippen LogP) is 4.66. The van der Waals surface area contributed by atoms with Crippen molar-refractivity contribution < 1.29 is 4.79 Å². The van der Waals surface area contributed by atoms with Crippen LogP contribution >= 0.6 is 23.2 Å². The average Bonchev–Trinajstić information content (AvgIpc) is 2.57. The van der Waals surface area contributed by atoms with Crippen LogP contribution in [0.2, 0.25) is 10.0 Å². The number of nitrogens with one attached hydrogen (secondary N) is 1. The number of benzene rings is 2. The topological polar surface area (TPSA) is 35.6 Å². The second-order valence-electron chi connectivity index (χ2n) is 5.87. The van der Waals surface area contributed by atoms with E-state index in [9.17, 15) is 4.79 Å². The van der Waals surface area contributed by atoms with Crippen LogP contribution in [0.1, 0.15) is 5.56 Å². The molecule has 3 rings (SSSR count). The largest absolute Gasteiger partial charge is 0.368 e. The second-order valence-corrected chi connectivity index (χ2v) is 6.71. The van der Waals surface area contributed by atoms with Crippen molar-refractivity contribution in [2.75, 3.05) is 36.4 Å².